The minimum Gasteiger partial charge on any atom is -0.393 e. The monoisotopic (exact) mass is 466 g/mol. The molecule has 1 aromatic rings. The van der Waals surface area contributed by atoms with Crippen LogP contribution in [0.3, 0.4) is 0 Å². The highest BCUT2D eigenvalue weighted by atomic mass is 127. The Labute approximate surface area is 167 Å². The number of rotatable bonds is 6. The smallest absolute Gasteiger partial charge is 0.191 e. The number of aliphatic hydroxyl groups excluding tert-OH is 1. The van der Waals surface area contributed by atoms with Crippen LogP contribution in [-0.4, -0.2) is 55.3 Å². The van der Waals surface area contributed by atoms with Gasteiger partial charge in [0.25, 0.3) is 0 Å². The van der Waals surface area contributed by atoms with Crippen molar-refractivity contribution in [2.24, 2.45) is 4.99 Å². The van der Waals surface area contributed by atoms with E-state index in [9.17, 15) is 5.11 Å². The van der Waals surface area contributed by atoms with Gasteiger partial charge in [-0.05, 0) is 58.1 Å². The molecular weight excluding hydrogens is 435 g/mol. The highest BCUT2D eigenvalue weighted by Gasteiger charge is 2.20. The van der Waals surface area contributed by atoms with Gasteiger partial charge in [-0.2, -0.15) is 0 Å². The van der Waals surface area contributed by atoms with Crippen LogP contribution in [0.25, 0.3) is 0 Å². The van der Waals surface area contributed by atoms with E-state index in [-0.39, 0.29) is 30.1 Å². The zero-order valence-electron chi connectivity index (χ0n) is 14.9. The van der Waals surface area contributed by atoms with E-state index in [1.807, 2.05) is 0 Å². The van der Waals surface area contributed by atoms with Crippen LogP contribution < -0.4 is 10.6 Å². The van der Waals surface area contributed by atoms with Gasteiger partial charge in [-0.3, -0.25) is 4.99 Å². The van der Waals surface area contributed by atoms with Crippen molar-refractivity contribution >= 4 is 41.3 Å². The van der Waals surface area contributed by atoms with E-state index in [1.54, 1.807) is 11.3 Å². The molecule has 1 aromatic heterocycles. The predicted octanol–water partition coefficient (Wildman–Crippen LogP) is 2.83. The Hall–Kier alpha value is -0.380. The molecule has 24 heavy (non-hydrogen) atoms. The Kier molecular flexibility index (Phi) is 10.2. The first-order valence-corrected chi connectivity index (χ1v) is 9.40. The fourth-order valence-corrected chi connectivity index (χ4v) is 3.81. The van der Waals surface area contributed by atoms with Crippen molar-refractivity contribution in [3.8, 4) is 0 Å². The summed E-state index contributed by atoms with van der Waals surface area (Å²) >= 11 is 1.78. The van der Waals surface area contributed by atoms with Crippen molar-refractivity contribution in [3.05, 3.63) is 22.4 Å². The molecule has 1 atom stereocenters. The average molecular weight is 466 g/mol. The summed E-state index contributed by atoms with van der Waals surface area (Å²) in [6, 6.07) is 4.99. The van der Waals surface area contributed by atoms with E-state index in [0.29, 0.717) is 12.1 Å². The van der Waals surface area contributed by atoms with Crippen molar-refractivity contribution in [3.63, 3.8) is 0 Å². The van der Waals surface area contributed by atoms with Gasteiger partial charge in [0, 0.05) is 17.5 Å². The topological polar surface area (TPSA) is 59.9 Å². The van der Waals surface area contributed by atoms with Crippen molar-refractivity contribution in [1.82, 2.24) is 15.5 Å². The van der Waals surface area contributed by atoms with Gasteiger partial charge in [0.05, 0.1) is 18.7 Å². The molecule has 2 rings (SSSR count). The number of nitrogens with zero attached hydrogens (tertiary/aromatic N) is 2. The molecule has 1 heterocycles. The molecule has 7 heteroatoms. The molecule has 1 aliphatic rings. The SMILES string of the molecule is CCNC(=NCC(c1cccs1)N(C)C)NC1CCC(O)CC1.I. The summed E-state index contributed by atoms with van der Waals surface area (Å²) in [4.78, 5) is 8.36. The number of hydrogen-bond donors (Lipinski definition) is 3. The van der Waals surface area contributed by atoms with Crippen LogP contribution in [0.15, 0.2) is 22.5 Å². The largest absolute Gasteiger partial charge is 0.393 e. The zero-order chi connectivity index (χ0) is 16.7. The molecule has 0 radical (unpaired) electrons. The lowest BCUT2D eigenvalue weighted by molar-refractivity contribution is 0.120. The van der Waals surface area contributed by atoms with E-state index in [2.05, 4.69) is 54.1 Å². The second-order valence-corrected chi connectivity index (χ2v) is 7.34. The summed E-state index contributed by atoms with van der Waals surface area (Å²) in [5.41, 5.74) is 0. The molecule has 0 aromatic carbocycles. The second-order valence-electron chi connectivity index (χ2n) is 6.36. The number of aliphatic imine (C=N–C) groups is 1. The van der Waals surface area contributed by atoms with Gasteiger partial charge < -0.3 is 20.6 Å². The molecule has 0 amide bonds. The molecule has 5 nitrogen and oxygen atoms in total. The molecule has 0 aliphatic heterocycles. The summed E-state index contributed by atoms with van der Waals surface area (Å²) in [6.45, 7) is 3.68. The lowest BCUT2D eigenvalue weighted by Crippen LogP contribution is -2.45. The third-order valence-corrected chi connectivity index (χ3v) is 5.27. The first kappa shape index (κ1) is 21.7. The lowest BCUT2D eigenvalue weighted by Gasteiger charge is -2.28. The Morgan fingerprint density at radius 1 is 1.38 bits per heavy atom. The Morgan fingerprint density at radius 3 is 2.62 bits per heavy atom. The minimum atomic E-state index is -0.121. The van der Waals surface area contributed by atoms with Crippen LogP contribution in [0.1, 0.15) is 43.5 Å². The van der Waals surface area contributed by atoms with Gasteiger partial charge in [-0.25, -0.2) is 0 Å². The highest BCUT2D eigenvalue weighted by molar-refractivity contribution is 14.0. The van der Waals surface area contributed by atoms with Crippen molar-refractivity contribution in [2.45, 2.75) is 50.8 Å². The minimum absolute atomic E-state index is 0. The molecule has 0 bridgehead atoms. The van der Waals surface area contributed by atoms with E-state index < -0.39 is 0 Å². The number of nitrogens with one attached hydrogen (secondary N) is 2. The van der Waals surface area contributed by atoms with Gasteiger partial charge >= 0.3 is 0 Å². The van der Waals surface area contributed by atoms with Gasteiger partial charge in [0.15, 0.2) is 5.96 Å². The highest BCUT2D eigenvalue weighted by Crippen LogP contribution is 2.23. The molecule has 0 saturated heterocycles. The third-order valence-electron chi connectivity index (χ3n) is 4.30. The van der Waals surface area contributed by atoms with Gasteiger partial charge in [0.1, 0.15) is 0 Å². The maximum absolute atomic E-state index is 9.63. The van der Waals surface area contributed by atoms with Crippen LogP contribution in [-0.2, 0) is 0 Å². The third kappa shape index (κ3) is 6.85. The van der Waals surface area contributed by atoms with E-state index >= 15 is 0 Å². The molecule has 1 fully saturated rings. The van der Waals surface area contributed by atoms with Crippen LogP contribution in [0.2, 0.25) is 0 Å². The standard InChI is InChI=1S/C17H30N4OS.HI/c1-4-18-17(20-13-7-9-14(22)10-8-13)19-12-15(21(2)3)16-6-5-11-23-16;/h5-6,11,13-15,22H,4,7-10,12H2,1-3H3,(H2,18,19,20);1H. The van der Waals surface area contributed by atoms with E-state index in [0.717, 1.165) is 44.7 Å². The van der Waals surface area contributed by atoms with Crippen LogP contribution in [0.4, 0.5) is 0 Å². The quantitative estimate of drug-likeness (QED) is 0.343. The molecule has 0 spiro atoms. The first-order valence-electron chi connectivity index (χ1n) is 8.53. The molecule has 1 aliphatic carbocycles. The summed E-state index contributed by atoms with van der Waals surface area (Å²) in [7, 11) is 4.20. The van der Waals surface area contributed by atoms with Crippen molar-refractivity contribution in [2.75, 3.05) is 27.2 Å². The number of thiophene rings is 1. The average Bonchev–Trinajstić information content (AvgIpc) is 3.03. The summed E-state index contributed by atoms with van der Waals surface area (Å²) in [5.74, 6) is 0.886. The molecular formula is C17H31IN4OS. The fraction of sp³-hybridized carbons (Fsp3) is 0.706. The van der Waals surface area contributed by atoms with Crippen LogP contribution >= 0.6 is 35.3 Å². The number of guanidine groups is 1. The van der Waals surface area contributed by atoms with Crippen molar-refractivity contribution < 1.29 is 5.11 Å². The molecule has 1 unspecified atom stereocenters. The van der Waals surface area contributed by atoms with Crippen LogP contribution in [0, 0.1) is 0 Å². The predicted molar refractivity (Wildman–Crippen MR) is 114 cm³/mol. The number of aliphatic hydroxyl groups is 1. The number of hydrogen-bond acceptors (Lipinski definition) is 4. The lowest BCUT2D eigenvalue weighted by atomic mass is 9.93. The normalized spacial score (nSPS) is 22.8. The van der Waals surface area contributed by atoms with Crippen molar-refractivity contribution in [1.29, 1.82) is 0 Å². The Morgan fingerprint density at radius 2 is 2.08 bits per heavy atom. The fourth-order valence-electron chi connectivity index (χ4n) is 2.90. The molecule has 3 N–H and O–H groups in total. The number of likely N-dealkylation sites (N-methyl/N-ethyl adjacent to an activating group) is 1. The summed E-state index contributed by atoms with van der Waals surface area (Å²) < 4.78 is 0. The molecule has 138 valence electrons. The zero-order valence-corrected chi connectivity index (χ0v) is 18.0. The van der Waals surface area contributed by atoms with Crippen LogP contribution in [0.5, 0.6) is 0 Å². The first-order chi connectivity index (χ1) is 11.1. The summed E-state index contributed by atoms with van der Waals surface area (Å²) in [5, 5.41) is 18.6. The Bertz CT molecular complexity index is 473. The summed E-state index contributed by atoms with van der Waals surface area (Å²) in [6.07, 6.45) is 3.66. The van der Waals surface area contributed by atoms with Gasteiger partial charge in [-0.15, -0.1) is 35.3 Å². The van der Waals surface area contributed by atoms with Gasteiger partial charge in [-0.1, -0.05) is 6.07 Å². The maximum atomic E-state index is 9.63. The second kappa shape index (κ2) is 11.3. The Balaban J connectivity index is 0.00000288. The van der Waals surface area contributed by atoms with E-state index in [1.165, 1.54) is 4.88 Å². The molecule has 1 saturated carbocycles. The van der Waals surface area contributed by atoms with Gasteiger partial charge in [0.2, 0.25) is 0 Å². The van der Waals surface area contributed by atoms with E-state index in [4.69, 9.17) is 4.99 Å². The number of halogens is 1. The maximum Gasteiger partial charge on any atom is 0.191 e.